The normalized spacial score (nSPS) is 15.9. The molecule has 2 aromatic rings. The first kappa shape index (κ1) is 17.0. The fourth-order valence-corrected chi connectivity index (χ4v) is 2.83. The van der Waals surface area contributed by atoms with Gasteiger partial charge in [-0.25, -0.2) is 4.79 Å². The molecule has 1 aliphatic rings. The molecule has 6 heteroatoms. The Morgan fingerprint density at radius 3 is 2.72 bits per heavy atom. The molecule has 0 unspecified atom stereocenters. The van der Waals surface area contributed by atoms with Gasteiger partial charge in [-0.2, -0.15) is 0 Å². The molecule has 3 rings (SSSR count). The second kappa shape index (κ2) is 7.79. The Kier molecular flexibility index (Phi) is 5.28. The van der Waals surface area contributed by atoms with Gasteiger partial charge in [0.15, 0.2) is 0 Å². The van der Waals surface area contributed by atoms with Crippen molar-refractivity contribution in [1.82, 2.24) is 20.5 Å². The van der Waals surface area contributed by atoms with Gasteiger partial charge in [0.2, 0.25) is 5.91 Å². The maximum atomic E-state index is 12.4. The molecule has 0 radical (unpaired) electrons. The second-order valence-electron chi connectivity index (χ2n) is 6.12. The lowest BCUT2D eigenvalue weighted by molar-refractivity contribution is -0.120. The zero-order valence-electron chi connectivity index (χ0n) is 14.2. The van der Waals surface area contributed by atoms with Gasteiger partial charge in [0.1, 0.15) is 0 Å². The molecule has 0 bridgehead atoms. The zero-order valence-corrected chi connectivity index (χ0v) is 14.2. The number of amides is 3. The van der Waals surface area contributed by atoms with Crippen molar-refractivity contribution < 1.29 is 9.59 Å². The van der Waals surface area contributed by atoms with Crippen molar-refractivity contribution in [3.8, 4) is 11.1 Å². The van der Waals surface area contributed by atoms with E-state index in [1.165, 1.54) is 0 Å². The van der Waals surface area contributed by atoms with Gasteiger partial charge in [-0.15, -0.1) is 0 Å². The first-order valence-corrected chi connectivity index (χ1v) is 8.46. The van der Waals surface area contributed by atoms with Gasteiger partial charge in [-0.1, -0.05) is 30.3 Å². The summed E-state index contributed by atoms with van der Waals surface area (Å²) in [4.78, 5) is 29.6. The summed E-state index contributed by atoms with van der Waals surface area (Å²) in [5.41, 5.74) is 3.19. The highest BCUT2D eigenvalue weighted by Crippen LogP contribution is 2.21. The molecule has 25 heavy (non-hydrogen) atoms. The van der Waals surface area contributed by atoms with Crippen LogP contribution in [-0.2, 0) is 4.79 Å². The molecule has 0 spiro atoms. The van der Waals surface area contributed by atoms with Gasteiger partial charge in [0, 0.05) is 38.4 Å². The molecule has 1 fully saturated rings. The summed E-state index contributed by atoms with van der Waals surface area (Å²) in [6.07, 6.45) is 3.93. The van der Waals surface area contributed by atoms with Crippen LogP contribution in [-0.4, -0.2) is 41.5 Å². The highest BCUT2D eigenvalue weighted by atomic mass is 16.2. The van der Waals surface area contributed by atoms with Crippen LogP contribution in [0.25, 0.3) is 11.1 Å². The lowest BCUT2D eigenvalue weighted by atomic mass is 10.0. The average molecular weight is 338 g/mol. The molecule has 1 saturated heterocycles. The van der Waals surface area contributed by atoms with Crippen LogP contribution < -0.4 is 10.6 Å². The van der Waals surface area contributed by atoms with Crippen LogP contribution in [0.5, 0.6) is 0 Å². The third-order valence-electron chi connectivity index (χ3n) is 4.35. The van der Waals surface area contributed by atoms with E-state index >= 15 is 0 Å². The Hall–Kier alpha value is -2.89. The summed E-state index contributed by atoms with van der Waals surface area (Å²) in [6.45, 7) is 3.44. The lowest BCUT2D eigenvalue weighted by Crippen LogP contribution is -2.42. The SMILES string of the molecule is C[C@H](NC(=O)N1CCNC(=O)CC1)c1ccc(-c2cccnc2)cc1. The smallest absolute Gasteiger partial charge is 0.317 e. The molecule has 1 aromatic heterocycles. The van der Waals surface area contributed by atoms with Crippen molar-refractivity contribution in [1.29, 1.82) is 0 Å². The first-order chi connectivity index (χ1) is 12.1. The molecule has 2 heterocycles. The maximum Gasteiger partial charge on any atom is 0.317 e. The van der Waals surface area contributed by atoms with Crippen molar-refractivity contribution in [2.45, 2.75) is 19.4 Å². The van der Waals surface area contributed by atoms with Crippen molar-refractivity contribution >= 4 is 11.9 Å². The van der Waals surface area contributed by atoms with E-state index in [4.69, 9.17) is 0 Å². The Balaban J connectivity index is 1.62. The quantitative estimate of drug-likeness (QED) is 0.902. The van der Waals surface area contributed by atoms with Crippen molar-refractivity contribution in [2.24, 2.45) is 0 Å². The number of hydrogen-bond donors (Lipinski definition) is 2. The number of carbonyl (C=O) groups is 2. The number of rotatable bonds is 3. The van der Waals surface area contributed by atoms with Gasteiger partial charge in [0.05, 0.1) is 6.04 Å². The van der Waals surface area contributed by atoms with Gasteiger partial charge < -0.3 is 15.5 Å². The number of nitrogens with one attached hydrogen (secondary N) is 2. The van der Waals surface area contributed by atoms with E-state index in [1.807, 2.05) is 49.5 Å². The first-order valence-electron chi connectivity index (χ1n) is 8.46. The third-order valence-corrected chi connectivity index (χ3v) is 4.35. The van der Waals surface area contributed by atoms with Gasteiger partial charge >= 0.3 is 6.03 Å². The Morgan fingerprint density at radius 1 is 1.20 bits per heavy atom. The molecule has 3 amide bonds. The van der Waals surface area contributed by atoms with Crippen molar-refractivity contribution in [3.05, 3.63) is 54.4 Å². The highest BCUT2D eigenvalue weighted by Gasteiger charge is 2.20. The minimum Gasteiger partial charge on any atom is -0.354 e. The second-order valence-corrected chi connectivity index (χ2v) is 6.12. The van der Waals surface area contributed by atoms with Crippen LogP contribution >= 0.6 is 0 Å². The van der Waals surface area contributed by atoms with Crippen molar-refractivity contribution in [3.63, 3.8) is 0 Å². The monoisotopic (exact) mass is 338 g/mol. The minimum absolute atomic E-state index is 0.00524. The Bertz CT molecular complexity index is 731. The molecule has 2 N–H and O–H groups in total. The number of hydrogen-bond acceptors (Lipinski definition) is 3. The summed E-state index contributed by atoms with van der Waals surface area (Å²) in [6, 6.07) is 11.8. The van der Waals surface area contributed by atoms with E-state index in [0.717, 1.165) is 16.7 Å². The van der Waals surface area contributed by atoms with Crippen molar-refractivity contribution in [2.75, 3.05) is 19.6 Å². The number of carbonyl (C=O) groups excluding carboxylic acids is 2. The molecule has 1 aliphatic heterocycles. The Labute approximate surface area is 147 Å². The largest absolute Gasteiger partial charge is 0.354 e. The summed E-state index contributed by atoms with van der Waals surface area (Å²) < 4.78 is 0. The maximum absolute atomic E-state index is 12.4. The topological polar surface area (TPSA) is 74.3 Å². The van der Waals surface area contributed by atoms with Crippen LogP contribution in [0.15, 0.2) is 48.8 Å². The number of nitrogens with zero attached hydrogens (tertiary/aromatic N) is 2. The van der Waals surface area contributed by atoms with E-state index in [2.05, 4.69) is 15.6 Å². The van der Waals surface area contributed by atoms with Crippen LogP contribution in [0.4, 0.5) is 4.79 Å². The summed E-state index contributed by atoms with van der Waals surface area (Å²) >= 11 is 0. The predicted octanol–water partition coefficient (Wildman–Crippen LogP) is 2.34. The molecule has 1 atom stereocenters. The van der Waals surface area contributed by atoms with Crippen LogP contribution in [0, 0.1) is 0 Å². The number of pyridine rings is 1. The summed E-state index contributed by atoms with van der Waals surface area (Å²) in [7, 11) is 0. The molecule has 130 valence electrons. The zero-order chi connectivity index (χ0) is 17.6. The van der Waals surface area contributed by atoms with E-state index in [0.29, 0.717) is 26.1 Å². The average Bonchev–Trinajstić information content (AvgIpc) is 2.87. The summed E-state index contributed by atoms with van der Waals surface area (Å²) in [5, 5.41) is 5.77. The predicted molar refractivity (Wildman–Crippen MR) is 95.8 cm³/mol. The van der Waals surface area contributed by atoms with E-state index in [9.17, 15) is 9.59 Å². The third kappa shape index (κ3) is 4.35. The highest BCUT2D eigenvalue weighted by molar-refractivity contribution is 5.79. The molecule has 0 aliphatic carbocycles. The van der Waals surface area contributed by atoms with Crippen LogP contribution in [0.3, 0.4) is 0 Å². The van der Waals surface area contributed by atoms with Gasteiger partial charge in [0.25, 0.3) is 0 Å². The molecule has 0 saturated carbocycles. The fraction of sp³-hybridized carbons (Fsp3) is 0.316. The molecule has 6 nitrogen and oxygen atoms in total. The number of benzene rings is 1. The molecular formula is C19H22N4O2. The Morgan fingerprint density at radius 2 is 2.00 bits per heavy atom. The fourth-order valence-electron chi connectivity index (χ4n) is 2.83. The minimum atomic E-state index is -0.139. The molecular weight excluding hydrogens is 316 g/mol. The number of aromatic nitrogens is 1. The summed E-state index contributed by atoms with van der Waals surface area (Å²) in [5.74, 6) is -0.00524. The van der Waals surface area contributed by atoms with E-state index in [-0.39, 0.29) is 18.0 Å². The van der Waals surface area contributed by atoms with E-state index < -0.39 is 0 Å². The lowest BCUT2D eigenvalue weighted by Gasteiger charge is -2.23. The van der Waals surface area contributed by atoms with Gasteiger partial charge in [-0.3, -0.25) is 9.78 Å². The van der Waals surface area contributed by atoms with Crippen LogP contribution in [0.1, 0.15) is 24.9 Å². The standard InChI is InChI=1S/C19H22N4O2/c1-14(22-19(25)23-11-8-18(24)21-10-12-23)15-4-6-16(7-5-15)17-3-2-9-20-13-17/h2-7,9,13-14H,8,10-12H2,1H3,(H,21,24)(H,22,25)/t14-/m0/s1. The van der Waals surface area contributed by atoms with E-state index in [1.54, 1.807) is 11.1 Å². The number of urea groups is 1. The van der Waals surface area contributed by atoms with Crippen LogP contribution in [0.2, 0.25) is 0 Å². The van der Waals surface area contributed by atoms with Gasteiger partial charge in [-0.05, 0) is 29.7 Å². The molecule has 1 aromatic carbocycles.